The quantitative estimate of drug-likeness (QED) is 0.531. The first kappa shape index (κ1) is 20.7. The van der Waals surface area contributed by atoms with Gasteiger partial charge >= 0.3 is 18.9 Å². The number of rotatable bonds is 9. The molecule has 0 radical (unpaired) electrons. The molecule has 0 aromatic heterocycles. The van der Waals surface area contributed by atoms with Crippen molar-refractivity contribution in [3.63, 3.8) is 0 Å². The van der Waals surface area contributed by atoms with Gasteiger partial charge in [-0.3, -0.25) is 4.79 Å². The summed E-state index contributed by atoms with van der Waals surface area (Å²) in [6, 6.07) is 5.75. The van der Waals surface area contributed by atoms with Gasteiger partial charge in [0.2, 0.25) is 0 Å². The third kappa shape index (κ3) is 7.12. The second kappa shape index (κ2) is 11.3. The van der Waals surface area contributed by atoms with E-state index in [2.05, 4.69) is 24.1 Å². The summed E-state index contributed by atoms with van der Waals surface area (Å²) in [5.41, 5.74) is 0.529. The molecular weight excluding hydrogens is 275 g/mol. The first-order chi connectivity index (χ1) is 10.1. The summed E-state index contributed by atoms with van der Waals surface area (Å²) in [5.74, 6) is -1.43. The molecule has 0 saturated heterocycles. The van der Waals surface area contributed by atoms with Crippen LogP contribution in [-0.4, -0.2) is 43.0 Å². The third-order valence-corrected chi connectivity index (χ3v) is 3.18. The number of nitrogens with one attached hydrogen (secondary N) is 1. The number of carboxylic acid groups (broad SMARTS) is 1. The molecule has 0 unspecified atom stereocenters. The van der Waals surface area contributed by atoms with Crippen molar-refractivity contribution < 1.29 is 33.6 Å². The number of carboxylic acids is 1. The van der Waals surface area contributed by atoms with Crippen LogP contribution in [-0.2, 0) is 0 Å². The van der Waals surface area contributed by atoms with Crippen molar-refractivity contribution in [1.29, 1.82) is 0 Å². The number of nitrogens with zero attached hydrogens (tertiary/aromatic N) is 1. The standard InChI is InChI=1S/C16H24N2O3.Li/c1-3-10-18(11-4-2)12-9-17-15(19)13-5-7-14(8-6-13)16(20)21;/h5-8H,3-4,9-12H2,1-2H3,(H,17,19)(H,20,21);/q;+1/p-1. The average Bonchev–Trinajstić information content (AvgIpc) is 2.47. The summed E-state index contributed by atoms with van der Waals surface area (Å²) in [4.78, 5) is 24.9. The van der Waals surface area contributed by atoms with Gasteiger partial charge in [0.1, 0.15) is 0 Å². The van der Waals surface area contributed by atoms with E-state index in [9.17, 15) is 14.7 Å². The first-order valence-corrected chi connectivity index (χ1v) is 7.40. The molecule has 22 heavy (non-hydrogen) atoms. The number of aromatic carboxylic acids is 1. The summed E-state index contributed by atoms with van der Waals surface area (Å²) in [5, 5.41) is 13.5. The fraction of sp³-hybridized carbons (Fsp3) is 0.500. The molecule has 0 spiro atoms. The number of hydrogen-bond acceptors (Lipinski definition) is 4. The minimum atomic E-state index is -1.24. The minimum absolute atomic E-state index is 0. The molecule has 1 rings (SSSR count). The molecule has 1 N–H and O–H groups in total. The Balaban J connectivity index is 0.00000441. The van der Waals surface area contributed by atoms with Gasteiger partial charge in [0, 0.05) is 18.7 Å². The van der Waals surface area contributed by atoms with Crippen molar-refractivity contribution in [2.24, 2.45) is 0 Å². The average molecular weight is 298 g/mol. The zero-order valence-electron chi connectivity index (χ0n) is 13.7. The fourth-order valence-electron chi connectivity index (χ4n) is 2.16. The molecule has 116 valence electrons. The van der Waals surface area contributed by atoms with Gasteiger partial charge in [-0.1, -0.05) is 26.0 Å². The maximum Gasteiger partial charge on any atom is 1.00 e. The van der Waals surface area contributed by atoms with Gasteiger partial charge in [-0.15, -0.1) is 0 Å². The third-order valence-electron chi connectivity index (χ3n) is 3.18. The van der Waals surface area contributed by atoms with Crippen LogP contribution >= 0.6 is 0 Å². The van der Waals surface area contributed by atoms with Crippen LogP contribution in [0, 0.1) is 0 Å². The van der Waals surface area contributed by atoms with Crippen molar-refractivity contribution in [3.8, 4) is 0 Å². The molecule has 0 heterocycles. The van der Waals surface area contributed by atoms with Crippen LogP contribution in [0.25, 0.3) is 0 Å². The Hall–Kier alpha value is -1.28. The second-order valence-corrected chi connectivity index (χ2v) is 4.96. The van der Waals surface area contributed by atoms with E-state index in [-0.39, 0.29) is 30.3 Å². The van der Waals surface area contributed by atoms with E-state index in [4.69, 9.17) is 0 Å². The van der Waals surface area contributed by atoms with Crippen molar-refractivity contribution >= 4 is 11.9 Å². The molecule has 0 aliphatic heterocycles. The maximum atomic E-state index is 11.9. The molecular formula is C16H23LiN2O3. The van der Waals surface area contributed by atoms with Crippen molar-refractivity contribution in [3.05, 3.63) is 35.4 Å². The Morgan fingerprint density at radius 2 is 1.50 bits per heavy atom. The summed E-state index contributed by atoms with van der Waals surface area (Å²) < 4.78 is 0. The number of amides is 1. The normalized spacial score (nSPS) is 10.1. The van der Waals surface area contributed by atoms with E-state index in [1.165, 1.54) is 24.3 Å². The molecule has 0 aliphatic carbocycles. The maximum absolute atomic E-state index is 11.9. The molecule has 1 aromatic rings. The Morgan fingerprint density at radius 3 is 1.95 bits per heavy atom. The monoisotopic (exact) mass is 298 g/mol. The van der Waals surface area contributed by atoms with E-state index in [1.54, 1.807) is 0 Å². The van der Waals surface area contributed by atoms with Crippen molar-refractivity contribution in [1.82, 2.24) is 10.2 Å². The van der Waals surface area contributed by atoms with E-state index in [1.807, 2.05) is 0 Å². The van der Waals surface area contributed by atoms with E-state index in [0.717, 1.165) is 32.5 Å². The van der Waals surface area contributed by atoms with Crippen LogP contribution in [0.2, 0.25) is 0 Å². The van der Waals surface area contributed by atoms with Crippen molar-refractivity contribution in [2.75, 3.05) is 26.2 Å². The van der Waals surface area contributed by atoms with Gasteiger partial charge in [-0.2, -0.15) is 0 Å². The Kier molecular flexibility index (Phi) is 10.6. The van der Waals surface area contributed by atoms with Gasteiger partial charge in [0.05, 0.1) is 5.97 Å². The predicted molar refractivity (Wildman–Crippen MR) is 80.1 cm³/mol. The smallest absolute Gasteiger partial charge is 0.545 e. The number of benzene rings is 1. The van der Waals surface area contributed by atoms with Gasteiger partial charge < -0.3 is 20.1 Å². The second-order valence-electron chi connectivity index (χ2n) is 4.96. The number of carbonyl (C=O) groups excluding carboxylic acids is 2. The van der Waals surface area contributed by atoms with Crippen molar-refractivity contribution in [2.45, 2.75) is 26.7 Å². The van der Waals surface area contributed by atoms with Crippen LogP contribution in [0.5, 0.6) is 0 Å². The van der Waals surface area contributed by atoms with Crippen LogP contribution in [0.1, 0.15) is 47.4 Å². The minimum Gasteiger partial charge on any atom is -0.545 e. The Labute approximate surface area is 144 Å². The Bertz CT molecular complexity index is 457. The zero-order valence-corrected chi connectivity index (χ0v) is 13.7. The fourth-order valence-corrected chi connectivity index (χ4v) is 2.16. The topological polar surface area (TPSA) is 72.5 Å². The van der Waals surface area contributed by atoms with Crippen LogP contribution < -0.4 is 29.3 Å². The van der Waals surface area contributed by atoms with E-state index in [0.29, 0.717) is 12.1 Å². The van der Waals surface area contributed by atoms with Gasteiger partial charge in [-0.05, 0) is 43.6 Å². The first-order valence-electron chi connectivity index (χ1n) is 7.40. The Morgan fingerprint density at radius 1 is 1.00 bits per heavy atom. The summed E-state index contributed by atoms with van der Waals surface area (Å²) in [6.07, 6.45) is 2.19. The number of hydrogen-bond donors (Lipinski definition) is 1. The molecule has 0 aliphatic rings. The van der Waals surface area contributed by atoms with Gasteiger partial charge in [0.15, 0.2) is 0 Å². The molecule has 1 aromatic carbocycles. The molecule has 5 nitrogen and oxygen atoms in total. The molecule has 0 bridgehead atoms. The number of carbonyl (C=O) groups is 2. The molecule has 0 atom stereocenters. The molecule has 1 amide bonds. The summed E-state index contributed by atoms with van der Waals surface area (Å²) in [6.45, 7) is 7.75. The van der Waals surface area contributed by atoms with E-state index >= 15 is 0 Å². The summed E-state index contributed by atoms with van der Waals surface area (Å²) >= 11 is 0. The van der Waals surface area contributed by atoms with Gasteiger partial charge in [0.25, 0.3) is 5.91 Å². The van der Waals surface area contributed by atoms with Crippen LogP contribution in [0.4, 0.5) is 0 Å². The molecule has 0 fully saturated rings. The van der Waals surface area contributed by atoms with Crippen LogP contribution in [0.15, 0.2) is 24.3 Å². The largest absolute Gasteiger partial charge is 1.00 e. The van der Waals surface area contributed by atoms with Gasteiger partial charge in [-0.25, -0.2) is 0 Å². The summed E-state index contributed by atoms with van der Waals surface area (Å²) in [7, 11) is 0. The van der Waals surface area contributed by atoms with Crippen LogP contribution in [0.3, 0.4) is 0 Å². The predicted octanol–water partition coefficient (Wildman–Crippen LogP) is -2.09. The van der Waals surface area contributed by atoms with E-state index < -0.39 is 5.97 Å². The molecule has 0 saturated carbocycles. The zero-order chi connectivity index (χ0) is 15.7. The molecule has 6 heteroatoms. The SMILES string of the molecule is CCCN(CCC)CCNC(=O)c1ccc(C(=O)[O-])cc1.[Li+].